The molecule has 0 heterocycles. The topological polar surface area (TPSA) is 92.3 Å². The summed E-state index contributed by atoms with van der Waals surface area (Å²) >= 11 is 0. The number of carbonyl (C=O) groups is 2. The SMILES string of the molecule is CCCCCCCCCCCCCCCC(=O)OCCOCCOCCOCCOC(=O)c1ccccc1Nc1cccc(C(F)(F)F)c1. The second-order valence-corrected chi connectivity index (χ2v) is 11.9. The zero-order chi connectivity index (χ0) is 35.4. The molecule has 11 heteroatoms. The number of hydrogen-bond donors (Lipinski definition) is 1. The van der Waals surface area contributed by atoms with Crippen LogP contribution in [-0.4, -0.2) is 64.8 Å². The first-order chi connectivity index (χ1) is 23.8. The van der Waals surface area contributed by atoms with Gasteiger partial charge in [-0.05, 0) is 36.8 Å². The predicted octanol–water partition coefficient (Wildman–Crippen LogP) is 9.68. The number of ether oxygens (including phenoxy) is 5. The van der Waals surface area contributed by atoms with Gasteiger partial charge in [0.15, 0.2) is 0 Å². The number of benzene rings is 2. The van der Waals surface area contributed by atoms with E-state index in [1.54, 1.807) is 18.2 Å². The molecule has 0 aliphatic carbocycles. The van der Waals surface area contributed by atoms with E-state index in [-0.39, 0.29) is 37.0 Å². The smallest absolute Gasteiger partial charge is 0.416 e. The summed E-state index contributed by atoms with van der Waals surface area (Å²) in [7, 11) is 0. The lowest BCUT2D eigenvalue weighted by Gasteiger charge is -2.13. The second kappa shape index (κ2) is 26.7. The number of esters is 2. The van der Waals surface area contributed by atoms with Crippen molar-refractivity contribution in [1.29, 1.82) is 0 Å². The van der Waals surface area contributed by atoms with Crippen LogP contribution in [0.4, 0.5) is 24.5 Å². The monoisotopic (exact) mass is 695 g/mol. The lowest BCUT2D eigenvalue weighted by molar-refractivity contribution is -0.145. The summed E-state index contributed by atoms with van der Waals surface area (Å²) in [5.41, 5.74) is -0.0822. The summed E-state index contributed by atoms with van der Waals surface area (Å²) < 4.78 is 65.9. The Morgan fingerprint density at radius 2 is 1.12 bits per heavy atom. The van der Waals surface area contributed by atoms with Gasteiger partial charge in [0.1, 0.15) is 13.2 Å². The molecule has 0 bridgehead atoms. The number of para-hydroxylation sites is 1. The molecule has 0 aliphatic heterocycles. The molecule has 0 atom stereocenters. The van der Waals surface area contributed by atoms with Crippen molar-refractivity contribution in [2.24, 2.45) is 0 Å². The highest BCUT2D eigenvalue weighted by molar-refractivity contribution is 5.96. The van der Waals surface area contributed by atoms with Crippen molar-refractivity contribution in [1.82, 2.24) is 0 Å². The molecule has 0 saturated carbocycles. The van der Waals surface area contributed by atoms with Gasteiger partial charge in [-0.25, -0.2) is 4.79 Å². The standard InChI is InChI=1S/C38H56F3NO7/c1-2-3-4-5-6-7-8-9-10-11-12-13-14-22-36(43)48-29-27-46-25-23-45-24-26-47-28-30-49-37(44)34-20-15-16-21-35(34)42-33-19-17-18-32(31-33)38(39,40)41/h15-21,31,42H,2-14,22-30H2,1H3. The van der Waals surface area contributed by atoms with Gasteiger partial charge in [0.25, 0.3) is 0 Å². The average Bonchev–Trinajstić information content (AvgIpc) is 3.08. The molecule has 0 aromatic heterocycles. The summed E-state index contributed by atoms with van der Waals surface area (Å²) in [5.74, 6) is -0.806. The van der Waals surface area contributed by atoms with Gasteiger partial charge in [-0.15, -0.1) is 0 Å². The van der Waals surface area contributed by atoms with E-state index >= 15 is 0 Å². The Kier molecular flexibility index (Phi) is 22.9. The minimum Gasteiger partial charge on any atom is -0.463 e. The maximum Gasteiger partial charge on any atom is 0.416 e. The van der Waals surface area contributed by atoms with Gasteiger partial charge < -0.3 is 29.0 Å². The molecule has 0 amide bonds. The Bertz CT molecular complexity index is 1160. The highest BCUT2D eigenvalue weighted by Crippen LogP contribution is 2.32. The summed E-state index contributed by atoms with van der Waals surface area (Å²) in [4.78, 5) is 24.5. The van der Waals surface area contributed by atoms with Crippen molar-refractivity contribution in [3.63, 3.8) is 0 Å². The van der Waals surface area contributed by atoms with Crippen LogP contribution in [0.5, 0.6) is 0 Å². The van der Waals surface area contributed by atoms with Crippen molar-refractivity contribution in [2.45, 2.75) is 103 Å². The molecule has 0 spiro atoms. The third-order valence-corrected chi connectivity index (χ3v) is 7.80. The third kappa shape index (κ3) is 20.8. The fraction of sp³-hybridized carbons (Fsp3) is 0.632. The summed E-state index contributed by atoms with van der Waals surface area (Å²) in [6.45, 7) is 4.29. The molecule has 0 unspecified atom stereocenters. The third-order valence-electron chi connectivity index (χ3n) is 7.80. The maximum atomic E-state index is 13.0. The summed E-state index contributed by atoms with van der Waals surface area (Å²) in [6, 6.07) is 11.1. The first-order valence-electron chi connectivity index (χ1n) is 17.9. The molecule has 0 fully saturated rings. The summed E-state index contributed by atoms with van der Waals surface area (Å²) in [5, 5.41) is 2.86. The van der Waals surface area contributed by atoms with Crippen molar-refractivity contribution in [2.75, 3.05) is 58.2 Å². The van der Waals surface area contributed by atoms with Crippen molar-refractivity contribution in [3.8, 4) is 0 Å². The lowest BCUT2D eigenvalue weighted by atomic mass is 10.0. The van der Waals surface area contributed by atoms with E-state index in [4.69, 9.17) is 23.7 Å². The molecular weight excluding hydrogens is 639 g/mol. The van der Waals surface area contributed by atoms with Crippen LogP contribution in [0.1, 0.15) is 113 Å². The van der Waals surface area contributed by atoms with Gasteiger partial charge >= 0.3 is 18.1 Å². The van der Waals surface area contributed by atoms with Crippen LogP contribution < -0.4 is 5.32 Å². The molecule has 276 valence electrons. The molecule has 2 rings (SSSR count). The second-order valence-electron chi connectivity index (χ2n) is 11.9. The van der Waals surface area contributed by atoms with Crippen molar-refractivity contribution < 1.29 is 46.4 Å². The Morgan fingerprint density at radius 3 is 1.69 bits per heavy atom. The Morgan fingerprint density at radius 1 is 0.612 bits per heavy atom. The number of anilines is 2. The van der Waals surface area contributed by atoms with Gasteiger partial charge in [0.2, 0.25) is 0 Å². The van der Waals surface area contributed by atoms with E-state index in [9.17, 15) is 22.8 Å². The number of carbonyl (C=O) groups excluding carboxylic acids is 2. The number of halogens is 3. The van der Waals surface area contributed by atoms with E-state index in [0.717, 1.165) is 25.0 Å². The average molecular weight is 696 g/mol. The quantitative estimate of drug-likeness (QED) is 0.0665. The number of alkyl halides is 3. The minimum atomic E-state index is -4.47. The van der Waals surface area contributed by atoms with Crippen LogP contribution in [0.3, 0.4) is 0 Å². The van der Waals surface area contributed by atoms with Gasteiger partial charge in [-0.2, -0.15) is 13.2 Å². The molecule has 2 aromatic rings. The van der Waals surface area contributed by atoms with Crippen LogP contribution in [0.2, 0.25) is 0 Å². The fourth-order valence-corrected chi connectivity index (χ4v) is 5.09. The molecule has 0 radical (unpaired) electrons. The van der Waals surface area contributed by atoms with E-state index in [0.29, 0.717) is 45.1 Å². The normalized spacial score (nSPS) is 11.4. The van der Waals surface area contributed by atoms with Crippen molar-refractivity contribution in [3.05, 3.63) is 59.7 Å². The largest absolute Gasteiger partial charge is 0.463 e. The van der Waals surface area contributed by atoms with E-state index < -0.39 is 17.7 Å². The van der Waals surface area contributed by atoms with Gasteiger partial charge in [-0.1, -0.05) is 102 Å². The zero-order valence-corrected chi connectivity index (χ0v) is 29.2. The molecule has 49 heavy (non-hydrogen) atoms. The Hall–Kier alpha value is -3.15. The summed E-state index contributed by atoms with van der Waals surface area (Å²) in [6.07, 6.45) is 12.5. The molecule has 8 nitrogen and oxygen atoms in total. The van der Waals surface area contributed by atoms with E-state index in [1.165, 1.54) is 88.8 Å². The number of rotatable bonds is 29. The zero-order valence-electron chi connectivity index (χ0n) is 29.2. The molecule has 0 saturated heterocycles. The Balaban J connectivity index is 1.38. The van der Waals surface area contributed by atoms with E-state index in [1.807, 2.05) is 0 Å². The minimum absolute atomic E-state index is 0.00207. The van der Waals surface area contributed by atoms with Crippen LogP contribution in [0, 0.1) is 0 Å². The maximum absolute atomic E-state index is 13.0. The Labute approximate surface area is 290 Å². The van der Waals surface area contributed by atoms with Gasteiger partial charge in [0, 0.05) is 12.1 Å². The predicted molar refractivity (Wildman–Crippen MR) is 185 cm³/mol. The van der Waals surface area contributed by atoms with Crippen LogP contribution in [0.25, 0.3) is 0 Å². The van der Waals surface area contributed by atoms with E-state index in [2.05, 4.69) is 12.2 Å². The number of unbranched alkanes of at least 4 members (excludes halogenated alkanes) is 12. The number of nitrogens with one attached hydrogen (secondary N) is 1. The lowest BCUT2D eigenvalue weighted by Crippen LogP contribution is -2.15. The molecule has 1 N–H and O–H groups in total. The fourth-order valence-electron chi connectivity index (χ4n) is 5.09. The van der Waals surface area contributed by atoms with Crippen molar-refractivity contribution >= 4 is 23.3 Å². The van der Waals surface area contributed by atoms with Crippen LogP contribution >= 0.6 is 0 Å². The highest BCUT2D eigenvalue weighted by atomic mass is 19.4. The highest BCUT2D eigenvalue weighted by Gasteiger charge is 2.30. The molecule has 2 aromatic carbocycles. The molecular formula is C38H56F3NO7. The molecule has 0 aliphatic rings. The first-order valence-corrected chi connectivity index (χ1v) is 17.9. The van der Waals surface area contributed by atoms with Crippen LogP contribution in [-0.2, 0) is 34.7 Å². The van der Waals surface area contributed by atoms with Gasteiger partial charge in [-0.3, -0.25) is 4.79 Å². The first kappa shape index (κ1) is 42.0. The van der Waals surface area contributed by atoms with Gasteiger partial charge in [0.05, 0.1) is 56.5 Å². The van der Waals surface area contributed by atoms with Crippen LogP contribution in [0.15, 0.2) is 48.5 Å². The number of hydrogen-bond acceptors (Lipinski definition) is 8.